The Balaban J connectivity index is 1.87. The predicted octanol–water partition coefficient (Wildman–Crippen LogP) is 2.77. The van der Waals surface area contributed by atoms with Gasteiger partial charge in [-0.25, -0.2) is 0 Å². The summed E-state index contributed by atoms with van der Waals surface area (Å²) in [5.41, 5.74) is 1.14. The van der Waals surface area contributed by atoms with Gasteiger partial charge in [0.15, 0.2) is 0 Å². The molecule has 2 rings (SSSR count). The first-order valence-corrected chi connectivity index (χ1v) is 8.88. The Hall–Kier alpha value is -1.50. The molecule has 2 N–H and O–H groups in total. The molecule has 0 unspecified atom stereocenters. The molecule has 0 bridgehead atoms. The molecule has 1 amide bonds. The quantitative estimate of drug-likeness (QED) is 0.778. The summed E-state index contributed by atoms with van der Waals surface area (Å²) in [6.45, 7) is 0.295. The molecule has 0 atom stereocenters. The molecule has 0 aliphatic rings. The van der Waals surface area contributed by atoms with Crippen LogP contribution in [0.3, 0.4) is 0 Å². The Bertz CT molecular complexity index is 613. The van der Waals surface area contributed by atoms with Crippen LogP contribution in [0.1, 0.15) is 4.88 Å². The highest BCUT2D eigenvalue weighted by Crippen LogP contribution is 2.31. The summed E-state index contributed by atoms with van der Waals surface area (Å²) < 4.78 is 5.24. The minimum atomic E-state index is -0.0383. The highest BCUT2D eigenvalue weighted by molar-refractivity contribution is 7.99. The summed E-state index contributed by atoms with van der Waals surface area (Å²) in [4.78, 5) is 13.9. The number of aliphatic hydroxyl groups excluding tert-OH is 1. The lowest BCUT2D eigenvalue weighted by molar-refractivity contribution is -0.118. The second-order valence-corrected chi connectivity index (χ2v) is 6.72. The number of methoxy groups -OCH3 is 1. The highest BCUT2D eigenvalue weighted by atomic mass is 32.2. The number of carbonyl (C=O) groups is 1. The predicted molar refractivity (Wildman–Crippen MR) is 92.6 cm³/mol. The normalized spacial score (nSPS) is 10.5. The molecule has 1 heterocycles. The lowest BCUT2D eigenvalue weighted by Crippen LogP contribution is -2.27. The van der Waals surface area contributed by atoms with E-state index in [-0.39, 0.29) is 12.5 Å². The molecular formula is C16H19NO3S2. The van der Waals surface area contributed by atoms with Crippen LogP contribution in [0.15, 0.2) is 36.4 Å². The molecule has 22 heavy (non-hydrogen) atoms. The van der Waals surface area contributed by atoms with E-state index in [0.29, 0.717) is 12.3 Å². The van der Waals surface area contributed by atoms with Crippen LogP contribution in [0.25, 0.3) is 10.4 Å². The molecular weight excluding hydrogens is 318 g/mol. The number of hydrogen-bond donors (Lipinski definition) is 2. The van der Waals surface area contributed by atoms with E-state index in [9.17, 15) is 4.79 Å². The van der Waals surface area contributed by atoms with E-state index >= 15 is 0 Å². The number of amides is 1. The third-order valence-electron chi connectivity index (χ3n) is 2.93. The van der Waals surface area contributed by atoms with Gasteiger partial charge in [-0.1, -0.05) is 12.1 Å². The average molecular weight is 337 g/mol. The molecule has 2 aromatic rings. The Kier molecular flexibility index (Phi) is 6.76. The number of thioether (sulfide) groups is 1. The van der Waals surface area contributed by atoms with E-state index < -0.39 is 0 Å². The number of ether oxygens (including phenoxy) is 1. The van der Waals surface area contributed by atoms with Crippen molar-refractivity contribution in [2.75, 3.05) is 26.0 Å². The van der Waals surface area contributed by atoms with E-state index in [1.807, 2.05) is 18.2 Å². The van der Waals surface area contributed by atoms with Crippen molar-refractivity contribution >= 4 is 29.0 Å². The van der Waals surface area contributed by atoms with E-state index in [1.165, 1.54) is 9.75 Å². The molecule has 0 aliphatic heterocycles. The Morgan fingerprint density at radius 3 is 3.00 bits per heavy atom. The van der Waals surface area contributed by atoms with Crippen LogP contribution < -0.4 is 10.1 Å². The number of carbonyl (C=O) groups excluding carboxylic acids is 1. The number of hydrogen-bond acceptors (Lipinski definition) is 5. The van der Waals surface area contributed by atoms with Crippen LogP contribution in [0, 0.1) is 0 Å². The lowest BCUT2D eigenvalue weighted by atomic mass is 10.2. The van der Waals surface area contributed by atoms with Gasteiger partial charge in [-0.2, -0.15) is 0 Å². The van der Waals surface area contributed by atoms with Crippen LogP contribution >= 0.6 is 23.1 Å². The third kappa shape index (κ3) is 5.05. The molecule has 0 spiro atoms. The van der Waals surface area contributed by atoms with Gasteiger partial charge < -0.3 is 15.2 Å². The van der Waals surface area contributed by atoms with E-state index in [0.717, 1.165) is 17.1 Å². The van der Waals surface area contributed by atoms with Crippen LogP contribution in [-0.2, 0) is 10.5 Å². The average Bonchev–Trinajstić information content (AvgIpc) is 3.02. The van der Waals surface area contributed by atoms with Gasteiger partial charge in [0, 0.05) is 22.1 Å². The summed E-state index contributed by atoms with van der Waals surface area (Å²) >= 11 is 3.30. The zero-order chi connectivity index (χ0) is 15.8. The van der Waals surface area contributed by atoms with Gasteiger partial charge >= 0.3 is 0 Å². The van der Waals surface area contributed by atoms with E-state index in [4.69, 9.17) is 9.84 Å². The van der Waals surface area contributed by atoms with Crippen molar-refractivity contribution < 1.29 is 14.6 Å². The number of aliphatic hydroxyl groups is 1. The summed E-state index contributed by atoms with van der Waals surface area (Å²) in [6, 6.07) is 12.2. The first kappa shape index (κ1) is 16.9. The van der Waals surface area contributed by atoms with Crippen molar-refractivity contribution in [2.45, 2.75) is 5.75 Å². The molecule has 0 saturated carbocycles. The zero-order valence-electron chi connectivity index (χ0n) is 12.4. The summed E-state index contributed by atoms with van der Waals surface area (Å²) in [5, 5.41) is 11.3. The molecule has 6 heteroatoms. The maximum absolute atomic E-state index is 11.4. The molecule has 0 saturated heterocycles. The van der Waals surface area contributed by atoms with Crippen LogP contribution in [0.2, 0.25) is 0 Å². The van der Waals surface area contributed by atoms with Gasteiger partial charge in [0.25, 0.3) is 0 Å². The second kappa shape index (κ2) is 8.82. The topological polar surface area (TPSA) is 58.6 Å². The first-order valence-electron chi connectivity index (χ1n) is 6.91. The standard InChI is InChI=1S/C16H19NO3S2/c1-20-13-4-2-3-12(9-13)15-6-5-14(22-15)10-21-11-16(19)17-7-8-18/h2-6,9,18H,7-8,10-11H2,1H3,(H,17,19). The monoisotopic (exact) mass is 337 g/mol. The summed E-state index contributed by atoms with van der Waals surface area (Å²) in [5.74, 6) is 2.03. The molecule has 1 aromatic heterocycles. The molecule has 0 fully saturated rings. The third-order valence-corrected chi connectivity index (χ3v) is 5.23. The van der Waals surface area contributed by atoms with Gasteiger partial charge in [-0.05, 0) is 29.8 Å². The van der Waals surface area contributed by atoms with Crippen molar-refractivity contribution in [3.63, 3.8) is 0 Å². The van der Waals surface area contributed by atoms with Crippen molar-refractivity contribution in [2.24, 2.45) is 0 Å². The summed E-state index contributed by atoms with van der Waals surface area (Å²) in [6.07, 6.45) is 0. The van der Waals surface area contributed by atoms with Crippen molar-refractivity contribution in [3.8, 4) is 16.2 Å². The molecule has 0 radical (unpaired) electrons. The minimum absolute atomic E-state index is 0.0226. The fourth-order valence-corrected chi connectivity index (χ4v) is 3.85. The van der Waals surface area contributed by atoms with Gasteiger partial charge in [-0.15, -0.1) is 23.1 Å². The molecule has 0 aliphatic carbocycles. The smallest absolute Gasteiger partial charge is 0.230 e. The number of rotatable bonds is 8. The van der Waals surface area contributed by atoms with Gasteiger partial charge in [-0.3, -0.25) is 4.79 Å². The van der Waals surface area contributed by atoms with Crippen LogP contribution in [-0.4, -0.2) is 37.0 Å². The van der Waals surface area contributed by atoms with Gasteiger partial charge in [0.2, 0.25) is 5.91 Å². The van der Waals surface area contributed by atoms with E-state index in [2.05, 4.69) is 23.5 Å². The largest absolute Gasteiger partial charge is 0.497 e. The fraction of sp³-hybridized carbons (Fsp3) is 0.312. The number of nitrogens with one attached hydrogen (secondary N) is 1. The van der Waals surface area contributed by atoms with E-state index in [1.54, 1.807) is 30.2 Å². The van der Waals surface area contributed by atoms with Crippen LogP contribution in [0.4, 0.5) is 0 Å². The number of thiophene rings is 1. The van der Waals surface area contributed by atoms with Crippen molar-refractivity contribution in [3.05, 3.63) is 41.3 Å². The van der Waals surface area contributed by atoms with Gasteiger partial charge in [0.1, 0.15) is 5.75 Å². The second-order valence-electron chi connectivity index (χ2n) is 4.56. The maximum atomic E-state index is 11.4. The van der Waals surface area contributed by atoms with Gasteiger partial charge in [0.05, 0.1) is 19.5 Å². The Morgan fingerprint density at radius 2 is 2.23 bits per heavy atom. The SMILES string of the molecule is COc1cccc(-c2ccc(CSCC(=O)NCCO)s2)c1. The highest BCUT2D eigenvalue weighted by Gasteiger charge is 2.06. The molecule has 118 valence electrons. The number of benzene rings is 1. The van der Waals surface area contributed by atoms with Crippen molar-refractivity contribution in [1.82, 2.24) is 5.32 Å². The maximum Gasteiger partial charge on any atom is 0.230 e. The Labute approximate surface area is 138 Å². The van der Waals surface area contributed by atoms with Crippen LogP contribution in [0.5, 0.6) is 5.75 Å². The minimum Gasteiger partial charge on any atom is -0.497 e. The lowest BCUT2D eigenvalue weighted by Gasteiger charge is -2.03. The Morgan fingerprint density at radius 1 is 1.36 bits per heavy atom. The zero-order valence-corrected chi connectivity index (χ0v) is 14.0. The molecule has 4 nitrogen and oxygen atoms in total. The van der Waals surface area contributed by atoms with Crippen molar-refractivity contribution in [1.29, 1.82) is 0 Å². The summed E-state index contributed by atoms with van der Waals surface area (Å²) in [7, 11) is 1.66. The fourth-order valence-electron chi connectivity index (χ4n) is 1.88. The molecule has 1 aromatic carbocycles. The first-order chi connectivity index (χ1) is 10.7.